The molecular formula is C29H37N5O. The third-order valence-electron chi connectivity index (χ3n) is 7.86. The Bertz CT molecular complexity index is 1390. The molecule has 5 rings (SSSR count). The molecule has 1 aliphatic rings. The molecule has 1 saturated heterocycles. The number of likely N-dealkylation sites (N-methyl/N-ethyl adjacent to an activating group) is 1. The predicted molar refractivity (Wildman–Crippen MR) is 143 cm³/mol. The van der Waals surface area contributed by atoms with Crippen LogP contribution in [0.3, 0.4) is 0 Å². The number of amides is 1. The Morgan fingerprint density at radius 1 is 1.17 bits per heavy atom. The zero-order valence-electron chi connectivity index (χ0n) is 21.9. The highest BCUT2D eigenvalue weighted by Crippen LogP contribution is 2.40. The SMILES string of the molecule is Cc1c(-c2[nH]c3ccc(C4CCN(CC(=O)N(C)C)CC4)cc3c2C(C)C)cn2ccnc2c1C. The Kier molecular flexibility index (Phi) is 6.18. The van der Waals surface area contributed by atoms with Gasteiger partial charge in [0.25, 0.3) is 0 Å². The van der Waals surface area contributed by atoms with Gasteiger partial charge in [-0.05, 0) is 86.0 Å². The van der Waals surface area contributed by atoms with Crippen LogP contribution < -0.4 is 0 Å². The Balaban J connectivity index is 1.49. The number of likely N-dealkylation sites (tertiary alicyclic amines) is 1. The molecule has 0 unspecified atom stereocenters. The number of nitrogens with one attached hydrogen (secondary N) is 1. The standard InChI is InChI=1S/C29H37N5O/c1-18(2)27-23-15-22(21-9-12-33(13-10-21)17-26(35)32(5)6)7-8-25(23)31-28(27)24-16-34-14-11-30-29(34)20(4)19(24)3/h7-8,11,14-16,18,21,31H,9-10,12-13,17H2,1-6H3. The molecule has 3 aromatic heterocycles. The van der Waals surface area contributed by atoms with E-state index in [1.165, 1.54) is 44.4 Å². The van der Waals surface area contributed by atoms with Crippen molar-refractivity contribution in [3.8, 4) is 11.3 Å². The Morgan fingerprint density at radius 3 is 2.60 bits per heavy atom. The van der Waals surface area contributed by atoms with Crippen LogP contribution in [-0.4, -0.2) is 63.8 Å². The number of H-pyrrole nitrogens is 1. The minimum absolute atomic E-state index is 0.186. The minimum atomic E-state index is 0.186. The van der Waals surface area contributed by atoms with Gasteiger partial charge in [-0.2, -0.15) is 0 Å². The highest BCUT2D eigenvalue weighted by Gasteiger charge is 2.24. The van der Waals surface area contributed by atoms with Gasteiger partial charge in [-0.25, -0.2) is 4.98 Å². The molecule has 1 fully saturated rings. The molecule has 4 aromatic rings. The van der Waals surface area contributed by atoms with Crippen LogP contribution >= 0.6 is 0 Å². The van der Waals surface area contributed by atoms with E-state index in [9.17, 15) is 4.79 Å². The second-order valence-electron chi connectivity index (χ2n) is 10.7. The second-order valence-corrected chi connectivity index (χ2v) is 10.7. The topological polar surface area (TPSA) is 56.6 Å². The third kappa shape index (κ3) is 4.25. The monoisotopic (exact) mass is 471 g/mol. The van der Waals surface area contributed by atoms with Gasteiger partial charge in [-0.15, -0.1) is 0 Å². The number of nitrogens with zero attached hydrogens (tertiary/aromatic N) is 4. The third-order valence-corrected chi connectivity index (χ3v) is 7.86. The Morgan fingerprint density at radius 2 is 1.91 bits per heavy atom. The summed E-state index contributed by atoms with van der Waals surface area (Å²) in [7, 11) is 3.66. The smallest absolute Gasteiger partial charge is 0.236 e. The lowest BCUT2D eigenvalue weighted by Gasteiger charge is -2.32. The van der Waals surface area contributed by atoms with E-state index in [0.29, 0.717) is 18.4 Å². The van der Waals surface area contributed by atoms with Gasteiger partial charge in [-0.3, -0.25) is 9.69 Å². The molecule has 0 saturated carbocycles. The number of imidazole rings is 1. The average molecular weight is 472 g/mol. The summed E-state index contributed by atoms with van der Waals surface area (Å²) in [6.45, 7) is 11.4. The van der Waals surface area contributed by atoms with E-state index in [0.717, 1.165) is 31.6 Å². The molecule has 0 atom stereocenters. The van der Waals surface area contributed by atoms with Gasteiger partial charge in [0.1, 0.15) is 5.65 Å². The molecule has 0 aliphatic carbocycles. The number of carbonyl (C=O) groups is 1. The van der Waals surface area contributed by atoms with Crippen LogP contribution in [-0.2, 0) is 4.79 Å². The number of carbonyl (C=O) groups excluding carboxylic acids is 1. The van der Waals surface area contributed by atoms with Crippen molar-refractivity contribution in [3.63, 3.8) is 0 Å². The number of hydrogen-bond acceptors (Lipinski definition) is 3. The van der Waals surface area contributed by atoms with E-state index >= 15 is 0 Å². The lowest BCUT2D eigenvalue weighted by molar-refractivity contribution is -0.130. The first-order valence-electron chi connectivity index (χ1n) is 12.8. The molecular weight excluding hydrogens is 434 g/mol. The molecule has 1 aromatic carbocycles. The first kappa shape index (κ1) is 23.6. The first-order valence-corrected chi connectivity index (χ1v) is 12.8. The summed E-state index contributed by atoms with van der Waals surface area (Å²) in [5.74, 6) is 1.12. The van der Waals surface area contributed by atoms with E-state index < -0.39 is 0 Å². The zero-order valence-corrected chi connectivity index (χ0v) is 21.9. The van der Waals surface area contributed by atoms with Crippen molar-refractivity contribution in [2.45, 2.75) is 52.4 Å². The molecule has 4 heterocycles. The first-order chi connectivity index (χ1) is 16.7. The highest BCUT2D eigenvalue weighted by atomic mass is 16.2. The average Bonchev–Trinajstić information content (AvgIpc) is 3.46. The van der Waals surface area contributed by atoms with Gasteiger partial charge in [0.15, 0.2) is 0 Å². The van der Waals surface area contributed by atoms with Crippen LogP contribution in [0.15, 0.2) is 36.8 Å². The van der Waals surface area contributed by atoms with Crippen molar-refractivity contribution in [2.24, 2.45) is 0 Å². The lowest BCUT2D eigenvalue weighted by atomic mass is 9.87. The maximum atomic E-state index is 12.1. The molecule has 6 heteroatoms. The number of aryl methyl sites for hydroxylation is 1. The van der Waals surface area contributed by atoms with Crippen LogP contribution in [0.4, 0.5) is 0 Å². The number of piperidine rings is 1. The van der Waals surface area contributed by atoms with Crippen LogP contribution in [0.5, 0.6) is 0 Å². The summed E-state index contributed by atoms with van der Waals surface area (Å²) in [5.41, 5.74) is 9.99. The fourth-order valence-electron chi connectivity index (χ4n) is 5.62. The van der Waals surface area contributed by atoms with Gasteiger partial charge in [0, 0.05) is 49.2 Å². The molecule has 35 heavy (non-hydrogen) atoms. The molecule has 1 amide bonds. The molecule has 0 radical (unpaired) electrons. The van der Waals surface area contributed by atoms with Crippen LogP contribution in [0.25, 0.3) is 27.8 Å². The molecule has 6 nitrogen and oxygen atoms in total. The van der Waals surface area contributed by atoms with Crippen molar-refractivity contribution >= 4 is 22.5 Å². The summed E-state index contributed by atoms with van der Waals surface area (Å²) in [6, 6.07) is 6.99. The maximum Gasteiger partial charge on any atom is 0.236 e. The Hall–Kier alpha value is -3.12. The van der Waals surface area contributed by atoms with E-state index in [1.807, 2.05) is 26.5 Å². The van der Waals surface area contributed by atoms with Crippen LogP contribution in [0, 0.1) is 13.8 Å². The van der Waals surface area contributed by atoms with Gasteiger partial charge >= 0.3 is 0 Å². The highest BCUT2D eigenvalue weighted by molar-refractivity contribution is 5.92. The van der Waals surface area contributed by atoms with Crippen molar-refractivity contribution in [1.82, 2.24) is 24.2 Å². The van der Waals surface area contributed by atoms with Crippen molar-refractivity contribution < 1.29 is 4.79 Å². The number of rotatable bonds is 5. The Labute approximate surface area is 208 Å². The predicted octanol–water partition coefficient (Wildman–Crippen LogP) is 5.49. The largest absolute Gasteiger partial charge is 0.354 e. The van der Waals surface area contributed by atoms with E-state index in [2.05, 4.69) is 71.4 Å². The number of aromatic nitrogens is 3. The molecule has 0 spiro atoms. The zero-order chi connectivity index (χ0) is 24.9. The summed E-state index contributed by atoms with van der Waals surface area (Å²) in [5, 5.41) is 1.33. The fraction of sp³-hybridized carbons (Fsp3) is 0.448. The minimum Gasteiger partial charge on any atom is -0.354 e. The number of fused-ring (bicyclic) bond motifs is 2. The summed E-state index contributed by atoms with van der Waals surface area (Å²) < 4.78 is 2.13. The van der Waals surface area contributed by atoms with Gasteiger partial charge in [-0.1, -0.05) is 19.9 Å². The number of hydrogen-bond donors (Lipinski definition) is 1. The summed E-state index contributed by atoms with van der Waals surface area (Å²) in [6.07, 6.45) is 8.30. The molecule has 0 bridgehead atoms. The van der Waals surface area contributed by atoms with E-state index in [4.69, 9.17) is 0 Å². The number of benzene rings is 1. The normalized spacial score (nSPS) is 15.5. The quantitative estimate of drug-likeness (QED) is 0.419. The van der Waals surface area contributed by atoms with Gasteiger partial charge in [0.05, 0.1) is 12.2 Å². The number of pyridine rings is 1. The van der Waals surface area contributed by atoms with Crippen LogP contribution in [0.1, 0.15) is 60.8 Å². The molecule has 184 valence electrons. The molecule has 1 aliphatic heterocycles. The van der Waals surface area contributed by atoms with E-state index in [1.54, 1.807) is 4.90 Å². The van der Waals surface area contributed by atoms with Crippen molar-refractivity contribution in [2.75, 3.05) is 33.7 Å². The second kappa shape index (κ2) is 9.15. The van der Waals surface area contributed by atoms with Gasteiger partial charge < -0.3 is 14.3 Å². The molecule has 1 N–H and O–H groups in total. The van der Waals surface area contributed by atoms with Gasteiger partial charge in [0.2, 0.25) is 5.91 Å². The van der Waals surface area contributed by atoms with E-state index in [-0.39, 0.29) is 5.91 Å². The number of aromatic amines is 1. The van der Waals surface area contributed by atoms with Crippen LogP contribution in [0.2, 0.25) is 0 Å². The summed E-state index contributed by atoms with van der Waals surface area (Å²) >= 11 is 0. The fourth-order valence-corrected chi connectivity index (χ4v) is 5.62. The summed E-state index contributed by atoms with van der Waals surface area (Å²) in [4.78, 5) is 24.4. The van der Waals surface area contributed by atoms with Crippen molar-refractivity contribution in [3.05, 3.63) is 59.0 Å². The maximum absolute atomic E-state index is 12.1. The van der Waals surface area contributed by atoms with Crippen molar-refractivity contribution in [1.29, 1.82) is 0 Å². The lowest BCUT2D eigenvalue weighted by Crippen LogP contribution is -2.40.